The Kier molecular flexibility index (Phi) is 5.90. The van der Waals surface area contributed by atoms with E-state index in [-0.39, 0.29) is 6.73 Å². The maximum absolute atomic E-state index is 8.68. The Morgan fingerprint density at radius 1 is 1.69 bits per heavy atom. The third kappa shape index (κ3) is 3.83. The highest BCUT2D eigenvalue weighted by Gasteiger charge is 2.16. The first-order valence-corrected chi connectivity index (χ1v) is 5.90. The van der Waals surface area contributed by atoms with Gasteiger partial charge in [0.05, 0.1) is 6.73 Å². The lowest BCUT2D eigenvalue weighted by Crippen LogP contribution is -2.23. The van der Waals surface area contributed by atoms with Gasteiger partial charge in [0, 0.05) is 24.7 Å². The van der Waals surface area contributed by atoms with Crippen molar-refractivity contribution in [2.45, 2.75) is 20.3 Å². The minimum Gasteiger partial charge on any atom is -0.387 e. The van der Waals surface area contributed by atoms with Crippen molar-refractivity contribution in [1.29, 1.82) is 0 Å². The van der Waals surface area contributed by atoms with E-state index in [1.807, 2.05) is 6.92 Å². The third-order valence-corrected chi connectivity index (χ3v) is 2.61. The van der Waals surface area contributed by atoms with Gasteiger partial charge in [-0.25, -0.2) is 0 Å². The predicted octanol–water partition coefficient (Wildman–Crippen LogP) is 1.54. The molecule has 3 nitrogen and oxygen atoms in total. The smallest absolute Gasteiger partial charge is 0.0934 e. The van der Waals surface area contributed by atoms with Crippen LogP contribution >= 0.6 is 0 Å². The second-order valence-electron chi connectivity index (χ2n) is 3.88. The Hall–Kier alpha value is -1.06. The molecule has 0 aromatic carbocycles. The van der Waals surface area contributed by atoms with Gasteiger partial charge in [0.2, 0.25) is 0 Å². The number of rotatable bonds is 6. The van der Waals surface area contributed by atoms with E-state index in [9.17, 15) is 0 Å². The van der Waals surface area contributed by atoms with Crippen molar-refractivity contribution in [3.05, 3.63) is 35.6 Å². The summed E-state index contributed by atoms with van der Waals surface area (Å²) in [5.74, 6) is 0.464. The molecule has 0 saturated heterocycles. The van der Waals surface area contributed by atoms with Crippen LogP contribution < -0.4 is 10.6 Å². The van der Waals surface area contributed by atoms with E-state index in [1.54, 1.807) is 0 Å². The fourth-order valence-corrected chi connectivity index (χ4v) is 1.90. The van der Waals surface area contributed by atoms with Gasteiger partial charge < -0.3 is 10.4 Å². The van der Waals surface area contributed by atoms with Crippen molar-refractivity contribution in [2.75, 3.05) is 19.8 Å². The highest BCUT2D eigenvalue weighted by Crippen LogP contribution is 2.20. The Labute approximate surface area is 97.9 Å². The molecule has 0 saturated carbocycles. The van der Waals surface area contributed by atoms with Gasteiger partial charge in [-0.1, -0.05) is 31.2 Å². The van der Waals surface area contributed by atoms with Gasteiger partial charge in [-0.2, -0.15) is 0 Å². The first-order chi connectivity index (χ1) is 7.81. The minimum atomic E-state index is 0.0240. The molecular formula is C13H22N2O. The fraction of sp³-hybridized carbons (Fsp3) is 0.538. The van der Waals surface area contributed by atoms with Crippen molar-refractivity contribution < 1.29 is 5.11 Å². The maximum Gasteiger partial charge on any atom is 0.0934 e. The molecule has 0 aromatic heterocycles. The van der Waals surface area contributed by atoms with Crippen LogP contribution in [0.25, 0.3) is 0 Å². The van der Waals surface area contributed by atoms with Gasteiger partial charge >= 0.3 is 0 Å². The van der Waals surface area contributed by atoms with Gasteiger partial charge in [-0.3, -0.25) is 5.32 Å². The zero-order chi connectivity index (χ0) is 11.8. The first kappa shape index (κ1) is 13.0. The molecular weight excluding hydrogens is 200 g/mol. The first-order valence-electron chi connectivity index (χ1n) is 5.90. The normalized spacial score (nSPS) is 21.3. The van der Waals surface area contributed by atoms with E-state index in [1.165, 1.54) is 11.3 Å². The van der Waals surface area contributed by atoms with Crippen LogP contribution in [-0.2, 0) is 0 Å². The van der Waals surface area contributed by atoms with Crippen molar-refractivity contribution in [3.8, 4) is 0 Å². The Balaban J connectivity index is 2.60. The molecule has 0 aliphatic carbocycles. The summed E-state index contributed by atoms with van der Waals surface area (Å²) in [5.41, 5.74) is 2.54. The zero-order valence-electron chi connectivity index (χ0n) is 10.2. The number of nitrogens with one attached hydrogen (secondary N) is 2. The van der Waals surface area contributed by atoms with Crippen LogP contribution in [0.4, 0.5) is 0 Å². The lowest BCUT2D eigenvalue weighted by molar-refractivity contribution is 0.265. The Morgan fingerprint density at radius 2 is 2.50 bits per heavy atom. The highest BCUT2D eigenvalue weighted by atomic mass is 16.3. The van der Waals surface area contributed by atoms with Crippen LogP contribution in [0.3, 0.4) is 0 Å². The van der Waals surface area contributed by atoms with Crippen LogP contribution in [0.5, 0.6) is 0 Å². The molecule has 1 aliphatic rings. The molecule has 1 heterocycles. The fourth-order valence-electron chi connectivity index (χ4n) is 1.90. The van der Waals surface area contributed by atoms with Crippen LogP contribution in [0.2, 0.25) is 0 Å². The van der Waals surface area contributed by atoms with E-state index in [0.717, 1.165) is 13.0 Å². The molecule has 90 valence electrons. The molecule has 3 N–H and O–H groups in total. The van der Waals surface area contributed by atoms with Crippen molar-refractivity contribution >= 4 is 0 Å². The van der Waals surface area contributed by atoms with Crippen molar-refractivity contribution in [2.24, 2.45) is 5.92 Å². The van der Waals surface area contributed by atoms with E-state index in [0.29, 0.717) is 12.5 Å². The summed E-state index contributed by atoms with van der Waals surface area (Å²) in [6, 6.07) is 0. The average molecular weight is 222 g/mol. The van der Waals surface area contributed by atoms with Gasteiger partial charge in [0.1, 0.15) is 0 Å². The van der Waals surface area contributed by atoms with Gasteiger partial charge in [0.15, 0.2) is 0 Å². The van der Waals surface area contributed by atoms with Crippen molar-refractivity contribution in [1.82, 2.24) is 10.6 Å². The SMILES string of the molecule is C/C=C\C(=C/CC)C1C=C(CNCO)NC1. The minimum absolute atomic E-state index is 0.0240. The third-order valence-electron chi connectivity index (χ3n) is 2.61. The summed E-state index contributed by atoms with van der Waals surface area (Å²) in [6.07, 6.45) is 9.83. The number of hydrogen-bond acceptors (Lipinski definition) is 3. The molecule has 0 bridgehead atoms. The largest absolute Gasteiger partial charge is 0.387 e. The summed E-state index contributed by atoms with van der Waals surface area (Å²) in [4.78, 5) is 0. The lowest BCUT2D eigenvalue weighted by atomic mass is 9.98. The molecule has 1 aliphatic heterocycles. The Bertz CT molecular complexity index is 292. The van der Waals surface area contributed by atoms with E-state index in [4.69, 9.17) is 5.11 Å². The molecule has 1 rings (SSSR count). The second kappa shape index (κ2) is 7.25. The van der Waals surface area contributed by atoms with E-state index < -0.39 is 0 Å². The van der Waals surface area contributed by atoms with Crippen LogP contribution in [-0.4, -0.2) is 24.9 Å². The monoisotopic (exact) mass is 222 g/mol. The molecule has 0 radical (unpaired) electrons. The number of aliphatic hydroxyl groups is 1. The molecule has 0 spiro atoms. The summed E-state index contributed by atoms with van der Waals surface area (Å²) in [6.45, 7) is 5.89. The number of hydrogen-bond donors (Lipinski definition) is 3. The molecule has 16 heavy (non-hydrogen) atoms. The van der Waals surface area contributed by atoms with Gasteiger partial charge in [0.25, 0.3) is 0 Å². The van der Waals surface area contributed by atoms with E-state index in [2.05, 4.69) is 41.9 Å². The van der Waals surface area contributed by atoms with Crippen LogP contribution in [0, 0.1) is 5.92 Å². The van der Waals surface area contributed by atoms with Crippen LogP contribution in [0.1, 0.15) is 20.3 Å². The Morgan fingerprint density at radius 3 is 3.12 bits per heavy atom. The highest BCUT2D eigenvalue weighted by molar-refractivity contribution is 5.30. The maximum atomic E-state index is 8.68. The molecule has 0 aromatic rings. The van der Waals surface area contributed by atoms with Gasteiger partial charge in [-0.15, -0.1) is 0 Å². The van der Waals surface area contributed by atoms with Crippen LogP contribution in [0.15, 0.2) is 35.6 Å². The standard InChI is InChI=1S/C13H22N2O/c1-3-5-11(6-4-2)12-7-13(15-8-12)9-14-10-16/h3,5-7,12,14-16H,4,8-10H2,1-2H3/b5-3-,11-6+. The number of aliphatic hydroxyl groups excluding tert-OH is 1. The topological polar surface area (TPSA) is 44.3 Å². The molecule has 1 atom stereocenters. The summed E-state index contributed by atoms with van der Waals surface area (Å²) in [7, 11) is 0. The summed E-state index contributed by atoms with van der Waals surface area (Å²) in [5, 5.41) is 14.9. The second-order valence-corrected chi connectivity index (χ2v) is 3.88. The molecule has 0 amide bonds. The molecule has 3 heteroatoms. The van der Waals surface area contributed by atoms with Crippen molar-refractivity contribution in [3.63, 3.8) is 0 Å². The lowest BCUT2D eigenvalue weighted by Gasteiger charge is -2.08. The number of allylic oxidation sites excluding steroid dienone is 3. The zero-order valence-corrected chi connectivity index (χ0v) is 10.2. The predicted molar refractivity (Wildman–Crippen MR) is 67.9 cm³/mol. The van der Waals surface area contributed by atoms with Gasteiger partial charge in [-0.05, 0) is 18.9 Å². The van der Waals surface area contributed by atoms with E-state index >= 15 is 0 Å². The quantitative estimate of drug-likeness (QED) is 0.472. The molecule has 0 fully saturated rings. The average Bonchev–Trinajstić information content (AvgIpc) is 2.74. The summed E-state index contributed by atoms with van der Waals surface area (Å²) >= 11 is 0. The molecule has 1 unspecified atom stereocenters. The summed E-state index contributed by atoms with van der Waals surface area (Å²) < 4.78 is 0.